The number of halogens is 1. The molecule has 14 heavy (non-hydrogen) atoms. The zero-order valence-corrected chi connectivity index (χ0v) is 10.4. The van der Waals surface area contributed by atoms with Gasteiger partial charge in [-0.1, -0.05) is 12.8 Å². The monoisotopic (exact) mass is 272 g/mol. The summed E-state index contributed by atoms with van der Waals surface area (Å²) in [5.41, 5.74) is 0. The lowest BCUT2D eigenvalue weighted by Crippen LogP contribution is -2.09. The first-order chi connectivity index (χ1) is 6.79. The van der Waals surface area contributed by atoms with E-state index in [1.165, 1.54) is 17.7 Å². The standard InChI is InChI=1S/C11H13BrOS/c12-9-6-7-14-11(9)8-4-2-1-3-5-10(8)13/h6-8H,1-5H2. The molecule has 1 aromatic heterocycles. The maximum Gasteiger partial charge on any atom is 0.141 e. The van der Waals surface area contributed by atoms with Gasteiger partial charge in [-0.2, -0.15) is 0 Å². The number of carbonyl (C=O) groups is 1. The van der Waals surface area contributed by atoms with E-state index in [0.29, 0.717) is 5.78 Å². The van der Waals surface area contributed by atoms with E-state index in [4.69, 9.17) is 0 Å². The van der Waals surface area contributed by atoms with Gasteiger partial charge < -0.3 is 0 Å². The van der Waals surface area contributed by atoms with Crippen molar-refractivity contribution < 1.29 is 4.79 Å². The van der Waals surface area contributed by atoms with Crippen molar-refractivity contribution in [1.29, 1.82) is 0 Å². The van der Waals surface area contributed by atoms with Crippen LogP contribution in [0.1, 0.15) is 42.9 Å². The number of thiophene rings is 1. The molecule has 1 heterocycles. The van der Waals surface area contributed by atoms with Gasteiger partial charge in [0, 0.05) is 15.8 Å². The fourth-order valence-electron chi connectivity index (χ4n) is 1.99. The van der Waals surface area contributed by atoms with Crippen LogP contribution in [0, 0.1) is 0 Å². The molecule has 2 rings (SSSR count). The van der Waals surface area contributed by atoms with E-state index in [-0.39, 0.29) is 5.92 Å². The first-order valence-corrected chi connectivity index (χ1v) is 6.72. The van der Waals surface area contributed by atoms with Crippen LogP contribution in [0.4, 0.5) is 0 Å². The van der Waals surface area contributed by atoms with Crippen LogP contribution in [-0.4, -0.2) is 5.78 Å². The number of carbonyl (C=O) groups excluding carboxylic acids is 1. The van der Waals surface area contributed by atoms with Crippen molar-refractivity contribution >= 4 is 33.0 Å². The second-order valence-corrected chi connectivity index (χ2v) is 5.55. The third-order valence-corrected chi connectivity index (χ3v) is 4.75. The maximum atomic E-state index is 11.9. The Balaban J connectivity index is 2.23. The summed E-state index contributed by atoms with van der Waals surface area (Å²) in [5, 5.41) is 2.05. The summed E-state index contributed by atoms with van der Waals surface area (Å²) >= 11 is 5.21. The zero-order valence-electron chi connectivity index (χ0n) is 7.96. The third kappa shape index (κ3) is 2.09. The average Bonchev–Trinajstić information content (AvgIpc) is 2.46. The van der Waals surface area contributed by atoms with Crippen molar-refractivity contribution in [3.05, 3.63) is 20.8 Å². The predicted molar refractivity (Wildman–Crippen MR) is 62.9 cm³/mol. The SMILES string of the molecule is O=C1CCCCCC1c1sccc1Br. The molecule has 0 radical (unpaired) electrons. The van der Waals surface area contributed by atoms with Gasteiger partial charge in [0.15, 0.2) is 0 Å². The molecule has 1 saturated carbocycles. The van der Waals surface area contributed by atoms with Crippen LogP contribution in [0.5, 0.6) is 0 Å². The average molecular weight is 273 g/mol. The number of rotatable bonds is 1. The van der Waals surface area contributed by atoms with E-state index < -0.39 is 0 Å². The fraction of sp³-hybridized carbons (Fsp3) is 0.545. The highest BCUT2D eigenvalue weighted by molar-refractivity contribution is 9.10. The summed E-state index contributed by atoms with van der Waals surface area (Å²) < 4.78 is 1.11. The van der Waals surface area contributed by atoms with E-state index >= 15 is 0 Å². The molecule has 1 aliphatic carbocycles. The van der Waals surface area contributed by atoms with E-state index in [2.05, 4.69) is 21.3 Å². The summed E-state index contributed by atoms with van der Waals surface area (Å²) in [6.07, 6.45) is 5.30. The van der Waals surface area contributed by atoms with Crippen molar-refractivity contribution in [3.63, 3.8) is 0 Å². The second kappa shape index (κ2) is 4.58. The molecule has 0 bridgehead atoms. The van der Waals surface area contributed by atoms with Gasteiger partial charge in [-0.25, -0.2) is 0 Å². The van der Waals surface area contributed by atoms with Gasteiger partial charge in [0.05, 0.1) is 5.92 Å². The van der Waals surface area contributed by atoms with E-state index in [9.17, 15) is 4.79 Å². The molecule has 0 aliphatic heterocycles. The normalized spacial score (nSPS) is 23.5. The first kappa shape index (κ1) is 10.4. The molecule has 1 unspecified atom stereocenters. The first-order valence-electron chi connectivity index (χ1n) is 5.04. The molecule has 0 saturated heterocycles. The summed E-state index contributed by atoms with van der Waals surface area (Å²) in [5.74, 6) is 0.609. The summed E-state index contributed by atoms with van der Waals surface area (Å²) in [6.45, 7) is 0. The lowest BCUT2D eigenvalue weighted by atomic mass is 9.97. The maximum absolute atomic E-state index is 11.9. The zero-order chi connectivity index (χ0) is 9.97. The smallest absolute Gasteiger partial charge is 0.141 e. The Morgan fingerprint density at radius 2 is 2.21 bits per heavy atom. The molecule has 0 aromatic carbocycles. The predicted octanol–water partition coefficient (Wildman–Crippen LogP) is 4.13. The Morgan fingerprint density at radius 3 is 2.93 bits per heavy atom. The largest absolute Gasteiger partial charge is 0.299 e. The van der Waals surface area contributed by atoms with Gasteiger partial charge in [0.1, 0.15) is 5.78 Å². The minimum atomic E-state index is 0.173. The van der Waals surface area contributed by atoms with Crippen LogP contribution in [0.2, 0.25) is 0 Å². The van der Waals surface area contributed by atoms with E-state index in [1.54, 1.807) is 11.3 Å². The molecule has 1 nitrogen and oxygen atoms in total. The molecule has 1 aromatic rings. The lowest BCUT2D eigenvalue weighted by molar-refractivity contribution is -0.120. The Bertz CT molecular complexity index is 332. The number of hydrogen-bond donors (Lipinski definition) is 0. The van der Waals surface area contributed by atoms with Crippen molar-refractivity contribution in [2.75, 3.05) is 0 Å². The van der Waals surface area contributed by atoms with E-state index in [1.807, 2.05) is 6.07 Å². The van der Waals surface area contributed by atoms with Gasteiger partial charge in [-0.3, -0.25) is 4.79 Å². The van der Waals surface area contributed by atoms with Gasteiger partial charge >= 0.3 is 0 Å². The Morgan fingerprint density at radius 1 is 1.36 bits per heavy atom. The summed E-state index contributed by atoms with van der Waals surface area (Å²) in [4.78, 5) is 13.1. The van der Waals surface area contributed by atoms with Gasteiger partial charge in [-0.15, -0.1) is 11.3 Å². The Hall–Kier alpha value is -0.150. The molecule has 0 amide bonds. The Labute approximate surface area is 96.6 Å². The van der Waals surface area contributed by atoms with Gasteiger partial charge in [-0.05, 0) is 40.2 Å². The fourth-order valence-corrected chi connectivity index (χ4v) is 3.80. The van der Waals surface area contributed by atoms with Crippen LogP contribution < -0.4 is 0 Å². The van der Waals surface area contributed by atoms with Crippen LogP contribution in [0.25, 0.3) is 0 Å². The summed E-state index contributed by atoms with van der Waals surface area (Å²) in [6, 6.07) is 2.04. The number of ketones is 1. The van der Waals surface area contributed by atoms with Crippen molar-refractivity contribution in [1.82, 2.24) is 0 Å². The van der Waals surface area contributed by atoms with Crippen molar-refractivity contribution in [2.45, 2.75) is 38.0 Å². The van der Waals surface area contributed by atoms with Crippen LogP contribution in [0.3, 0.4) is 0 Å². The molecule has 76 valence electrons. The molecule has 3 heteroatoms. The number of Topliss-reactive ketones (excluding diaryl/α,β-unsaturated/α-hetero) is 1. The van der Waals surface area contributed by atoms with Crippen molar-refractivity contribution in [2.24, 2.45) is 0 Å². The van der Waals surface area contributed by atoms with E-state index in [0.717, 1.165) is 23.7 Å². The topological polar surface area (TPSA) is 17.1 Å². The molecular formula is C11H13BrOS. The molecule has 1 atom stereocenters. The molecule has 1 fully saturated rings. The molecule has 1 aliphatic rings. The minimum absolute atomic E-state index is 0.173. The highest BCUT2D eigenvalue weighted by Crippen LogP contribution is 2.36. The van der Waals surface area contributed by atoms with Crippen LogP contribution >= 0.6 is 27.3 Å². The van der Waals surface area contributed by atoms with Gasteiger partial charge in [0.2, 0.25) is 0 Å². The summed E-state index contributed by atoms with van der Waals surface area (Å²) in [7, 11) is 0. The molecular weight excluding hydrogens is 260 g/mol. The molecule has 0 spiro atoms. The highest BCUT2D eigenvalue weighted by Gasteiger charge is 2.24. The van der Waals surface area contributed by atoms with Crippen LogP contribution in [0.15, 0.2) is 15.9 Å². The quantitative estimate of drug-likeness (QED) is 0.703. The van der Waals surface area contributed by atoms with Crippen LogP contribution in [-0.2, 0) is 4.79 Å². The van der Waals surface area contributed by atoms with Crippen molar-refractivity contribution in [3.8, 4) is 0 Å². The van der Waals surface area contributed by atoms with Gasteiger partial charge in [0.25, 0.3) is 0 Å². The Kier molecular flexibility index (Phi) is 3.39. The third-order valence-electron chi connectivity index (χ3n) is 2.77. The second-order valence-electron chi connectivity index (χ2n) is 3.75. The molecule has 0 N–H and O–H groups in total. The minimum Gasteiger partial charge on any atom is -0.299 e. The lowest BCUT2D eigenvalue weighted by Gasteiger charge is -2.11. The number of hydrogen-bond acceptors (Lipinski definition) is 2. The highest BCUT2D eigenvalue weighted by atomic mass is 79.9.